The van der Waals surface area contributed by atoms with Gasteiger partial charge in [0.05, 0.1) is 13.0 Å². The van der Waals surface area contributed by atoms with Crippen molar-refractivity contribution in [3.63, 3.8) is 0 Å². The highest BCUT2D eigenvalue weighted by molar-refractivity contribution is 7.86. The van der Waals surface area contributed by atoms with Crippen LogP contribution >= 0.6 is 0 Å². The van der Waals surface area contributed by atoms with Gasteiger partial charge in [-0.05, 0) is 61.4 Å². The van der Waals surface area contributed by atoms with E-state index in [9.17, 15) is 27.6 Å². The van der Waals surface area contributed by atoms with Crippen LogP contribution in [0.4, 0.5) is 4.79 Å². The lowest BCUT2D eigenvalue weighted by Gasteiger charge is -2.37. The average Bonchev–Trinajstić information content (AvgIpc) is 3.77. The Morgan fingerprint density at radius 3 is 1.69 bits per heavy atom. The molecule has 0 unspecified atom stereocenters. The maximum Gasteiger partial charge on any atom is 0.408 e. The van der Waals surface area contributed by atoms with E-state index in [4.69, 9.17) is 9.47 Å². The van der Waals surface area contributed by atoms with Crippen molar-refractivity contribution in [2.24, 2.45) is 0 Å². The largest absolute Gasteiger partial charge is 0.460 e. The van der Waals surface area contributed by atoms with Crippen molar-refractivity contribution in [1.82, 2.24) is 24.8 Å². The standard InChI is InChI=1S/C47H51N5O8S/c1-46(2,3)60-45(56)48-40(32-42(53)49-47(37-24-13-6-14-25-37,38-26-15-7-16-27-38)39-28-17-8-18-29-39)43(54)50-52(33-35-20-9-4-10-21-35)61(57,58)51-31-19-30-41(51)44(55)59-34-36-22-11-5-12-23-36/h4-18,20-29,40-41H,19,30-34H2,1-3H3,(H,48,56)(H,49,53)(H,50,54)/t40-,41-/m0/s1. The van der Waals surface area contributed by atoms with Crippen LogP contribution in [0.5, 0.6) is 0 Å². The molecule has 1 saturated heterocycles. The smallest absolute Gasteiger partial charge is 0.408 e. The number of hydrogen-bond donors (Lipinski definition) is 3. The van der Waals surface area contributed by atoms with Gasteiger partial charge in [-0.2, -0.15) is 12.7 Å². The number of benzene rings is 5. The number of alkyl carbamates (subject to hydrolysis) is 1. The number of nitrogens with one attached hydrogen (secondary N) is 3. The lowest BCUT2D eigenvalue weighted by Crippen LogP contribution is -2.59. The minimum atomic E-state index is -4.64. The van der Waals surface area contributed by atoms with Gasteiger partial charge >= 0.3 is 12.1 Å². The van der Waals surface area contributed by atoms with E-state index in [0.717, 1.165) is 31.0 Å². The van der Waals surface area contributed by atoms with Gasteiger partial charge in [0.2, 0.25) is 5.91 Å². The van der Waals surface area contributed by atoms with Crippen LogP contribution in [-0.2, 0) is 52.8 Å². The number of carbonyl (C=O) groups is 4. The van der Waals surface area contributed by atoms with E-state index in [1.807, 2.05) is 97.1 Å². The van der Waals surface area contributed by atoms with Crippen molar-refractivity contribution in [3.05, 3.63) is 179 Å². The molecule has 5 aromatic carbocycles. The molecule has 6 rings (SSSR count). The summed E-state index contributed by atoms with van der Waals surface area (Å²) in [7, 11) is -4.64. The molecule has 1 fully saturated rings. The van der Waals surface area contributed by atoms with Crippen LogP contribution in [0.15, 0.2) is 152 Å². The van der Waals surface area contributed by atoms with Crippen molar-refractivity contribution in [3.8, 4) is 0 Å². The number of hydrazine groups is 1. The second-order valence-corrected chi connectivity index (χ2v) is 17.4. The summed E-state index contributed by atoms with van der Waals surface area (Å²) in [6.07, 6.45) is -1.06. The van der Waals surface area contributed by atoms with E-state index >= 15 is 0 Å². The summed E-state index contributed by atoms with van der Waals surface area (Å²) < 4.78 is 42.0. The Morgan fingerprint density at radius 1 is 0.721 bits per heavy atom. The Bertz CT molecular complexity index is 2250. The number of rotatable bonds is 16. The van der Waals surface area contributed by atoms with E-state index in [-0.39, 0.29) is 26.1 Å². The maximum atomic E-state index is 14.6. The fraction of sp³-hybridized carbons (Fsp3) is 0.277. The number of carbonyl (C=O) groups excluding carboxylic acids is 4. The van der Waals surface area contributed by atoms with Gasteiger partial charge in [0.25, 0.3) is 16.1 Å². The van der Waals surface area contributed by atoms with Crippen molar-refractivity contribution in [2.45, 2.75) is 76.4 Å². The third kappa shape index (κ3) is 11.3. The van der Waals surface area contributed by atoms with E-state index < -0.39 is 63.7 Å². The molecule has 0 saturated carbocycles. The molecule has 318 valence electrons. The average molecular weight is 846 g/mol. The molecule has 5 aromatic rings. The third-order valence-electron chi connectivity index (χ3n) is 10.0. The summed E-state index contributed by atoms with van der Waals surface area (Å²) in [5, 5.41) is 5.71. The summed E-state index contributed by atoms with van der Waals surface area (Å²) in [6, 6.07) is 42.9. The topological polar surface area (TPSA) is 163 Å². The van der Waals surface area contributed by atoms with Crippen molar-refractivity contribution in [1.29, 1.82) is 0 Å². The third-order valence-corrected chi connectivity index (χ3v) is 11.8. The molecule has 0 aliphatic carbocycles. The highest BCUT2D eigenvalue weighted by Crippen LogP contribution is 2.37. The number of ether oxygens (including phenoxy) is 2. The zero-order valence-electron chi connectivity index (χ0n) is 34.4. The zero-order chi connectivity index (χ0) is 43.5. The Balaban J connectivity index is 1.32. The minimum absolute atomic E-state index is 0.0167. The molecule has 0 spiro atoms. The molecule has 3 N–H and O–H groups in total. The molecule has 3 amide bonds. The first-order valence-corrected chi connectivity index (χ1v) is 21.5. The van der Waals surface area contributed by atoms with Gasteiger partial charge in [0.15, 0.2) is 0 Å². The van der Waals surface area contributed by atoms with Crippen LogP contribution in [-0.4, -0.2) is 65.2 Å². The van der Waals surface area contributed by atoms with Gasteiger partial charge in [0.1, 0.15) is 29.8 Å². The van der Waals surface area contributed by atoms with Crippen LogP contribution in [0.1, 0.15) is 67.9 Å². The van der Waals surface area contributed by atoms with Gasteiger partial charge in [-0.25, -0.2) is 4.79 Å². The fourth-order valence-corrected chi connectivity index (χ4v) is 8.86. The highest BCUT2D eigenvalue weighted by atomic mass is 32.2. The fourth-order valence-electron chi connectivity index (χ4n) is 7.22. The van der Waals surface area contributed by atoms with Crippen LogP contribution in [0, 0.1) is 0 Å². The first-order valence-electron chi connectivity index (χ1n) is 20.1. The Labute approximate surface area is 357 Å². The lowest BCUT2D eigenvalue weighted by molar-refractivity contribution is -0.148. The molecular weight excluding hydrogens is 795 g/mol. The molecule has 1 aliphatic rings. The first kappa shape index (κ1) is 44.2. The zero-order valence-corrected chi connectivity index (χ0v) is 35.2. The Kier molecular flexibility index (Phi) is 14.4. The van der Waals surface area contributed by atoms with E-state index in [1.54, 1.807) is 75.4 Å². The second kappa shape index (κ2) is 19.8. The second-order valence-electron chi connectivity index (χ2n) is 15.6. The summed E-state index contributed by atoms with van der Waals surface area (Å²) in [6.45, 7) is 4.53. The molecule has 1 aliphatic heterocycles. The molecule has 0 bridgehead atoms. The van der Waals surface area contributed by atoms with Crippen molar-refractivity contribution >= 4 is 34.1 Å². The molecule has 0 aromatic heterocycles. The molecule has 13 nitrogen and oxygen atoms in total. The van der Waals surface area contributed by atoms with Crippen molar-refractivity contribution in [2.75, 3.05) is 6.54 Å². The predicted molar refractivity (Wildman–Crippen MR) is 230 cm³/mol. The molecule has 61 heavy (non-hydrogen) atoms. The van der Waals surface area contributed by atoms with Gasteiger partial charge in [-0.3, -0.25) is 19.8 Å². The predicted octanol–water partition coefficient (Wildman–Crippen LogP) is 6.36. The maximum absolute atomic E-state index is 14.6. The van der Waals surface area contributed by atoms with Gasteiger partial charge < -0.3 is 20.1 Å². The Morgan fingerprint density at radius 2 is 1.20 bits per heavy atom. The molecule has 2 atom stereocenters. The van der Waals surface area contributed by atoms with E-state index in [0.29, 0.717) is 12.0 Å². The summed E-state index contributed by atoms with van der Waals surface area (Å²) in [4.78, 5) is 55.8. The number of hydrogen-bond acceptors (Lipinski definition) is 8. The van der Waals surface area contributed by atoms with Crippen LogP contribution in [0.3, 0.4) is 0 Å². The summed E-state index contributed by atoms with van der Waals surface area (Å²) >= 11 is 0. The first-order chi connectivity index (χ1) is 29.3. The van der Waals surface area contributed by atoms with Crippen LogP contribution < -0.4 is 16.1 Å². The van der Waals surface area contributed by atoms with Crippen LogP contribution in [0.2, 0.25) is 0 Å². The van der Waals surface area contributed by atoms with Gasteiger partial charge in [-0.1, -0.05) is 156 Å². The summed E-state index contributed by atoms with van der Waals surface area (Å²) in [5.74, 6) is -2.39. The van der Waals surface area contributed by atoms with Crippen LogP contribution in [0.25, 0.3) is 0 Å². The van der Waals surface area contributed by atoms with Gasteiger partial charge in [-0.15, -0.1) is 0 Å². The SMILES string of the molecule is CC(C)(C)OC(=O)N[C@@H](CC(=O)NC(c1ccccc1)(c1ccccc1)c1ccccc1)C(=O)NN(Cc1ccccc1)S(=O)(=O)N1CCC[C@H]1C(=O)OCc1ccccc1. The number of nitrogens with zero attached hydrogens (tertiary/aromatic N) is 2. The summed E-state index contributed by atoms with van der Waals surface area (Å²) in [5.41, 5.74) is 3.70. The lowest BCUT2D eigenvalue weighted by atomic mass is 9.77. The number of amides is 3. The van der Waals surface area contributed by atoms with E-state index in [1.165, 1.54) is 0 Å². The quantitative estimate of drug-likeness (QED) is 0.0587. The van der Waals surface area contributed by atoms with E-state index in [2.05, 4.69) is 16.1 Å². The van der Waals surface area contributed by atoms with Crippen molar-refractivity contribution < 1.29 is 37.1 Å². The highest BCUT2D eigenvalue weighted by Gasteiger charge is 2.44. The molecule has 14 heteroatoms. The minimum Gasteiger partial charge on any atom is -0.460 e. The number of esters is 1. The Hall–Kier alpha value is -6.35. The normalized spacial score (nSPS) is 15.0. The molecule has 0 radical (unpaired) electrons. The monoisotopic (exact) mass is 845 g/mol. The molecular formula is C47H51N5O8S. The van der Waals surface area contributed by atoms with Gasteiger partial charge in [0, 0.05) is 6.54 Å². The molecule has 1 heterocycles.